The predicted molar refractivity (Wildman–Crippen MR) is 107 cm³/mol. The van der Waals surface area contributed by atoms with Crippen LogP contribution in [0.5, 0.6) is 5.75 Å². The highest BCUT2D eigenvalue weighted by Gasteiger charge is 2.13. The average Bonchev–Trinajstić information content (AvgIpc) is 3.07. The molecule has 0 saturated carbocycles. The molecule has 0 atom stereocenters. The first kappa shape index (κ1) is 18.4. The van der Waals surface area contributed by atoms with Crippen molar-refractivity contribution in [2.75, 3.05) is 0 Å². The monoisotopic (exact) mass is 397 g/mol. The van der Waals surface area contributed by atoms with Crippen molar-refractivity contribution in [2.24, 2.45) is 7.05 Å². The minimum atomic E-state index is -2.84. The van der Waals surface area contributed by atoms with Crippen LogP contribution in [0.1, 0.15) is 5.56 Å². The second kappa shape index (κ2) is 7.98. The van der Waals surface area contributed by atoms with Crippen molar-refractivity contribution in [1.82, 2.24) is 14.8 Å². The Morgan fingerprint density at radius 2 is 1.71 bits per heavy atom. The van der Waals surface area contributed by atoms with E-state index in [1.807, 2.05) is 23.7 Å². The summed E-state index contributed by atoms with van der Waals surface area (Å²) in [5.41, 5.74) is 2.02. The van der Waals surface area contributed by atoms with Crippen LogP contribution >= 0.6 is 11.8 Å². The number of aromatic nitrogens is 3. The summed E-state index contributed by atoms with van der Waals surface area (Å²) in [6.07, 6.45) is 0. The summed E-state index contributed by atoms with van der Waals surface area (Å²) in [5.74, 6) is 1.56. The van der Waals surface area contributed by atoms with Gasteiger partial charge in [0.25, 0.3) is 0 Å². The van der Waals surface area contributed by atoms with Crippen LogP contribution in [0.3, 0.4) is 0 Å². The number of thioether (sulfide) groups is 1. The van der Waals surface area contributed by atoms with Crippen LogP contribution in [-0.2, 0) is 12.8 Å². The minimum Gasteiger partial charge on any atom is -0.435 e. The van der Waals surface area contributed by atoms with Gasteiger partial charge in [-0.3, -0.25) is 0 Å². The smallest absolute Gasteiger partial charge is 0.387 e. The number of rotatable bonds is 6. The largest absolute Gasteiger partial charge is 0.435 e. The number of fused-ring (bicyclic) bond motifs is 1. The van der Waals surface area contributed by atoms with E-state index in [0.717, 1.165) is 16.5 Å². The van der Waals surface area contributed by atoms with Crippen LogP contribution in [0.15, 0.2) is 71.9 Å². The first-order valence-corrected chi connectivity index (χ1v) is 9.64. The molecule has 0 N–H and O–H groups in total. The van der Waals surface area contributed by atoms with Crippen molar-refractivity contribution >= 4 is 22.5 Å². The summed E-state index contributed by atoms with van der Waals surface area (Å²) in [4.78, 5) is 0. The van der Waals surface area contributed by atoms with Crippen molar-refractivity contribution in [3.8, 4) is 17.1 Å². The molecule has 0 saturated heterocycles. The number of ether oxygens (including phenoxy) is 1. The van der Waals surface area contributed by atoms with E-state index in [1.165, 1.54) is 28.5 Å². The third-order valence-electron chi connectivity index (χ3n) is 4.41. The Labute approximate surface area is 165 Å². The molecule has 0 unspecified atom stereocenters. The van der Waals surface area contributed by atoms with Gasteiger partial charge in [0.05, 0.1) is 0 Å². The molecule has 0 fully saturated rings. The van der Waals surface area contributed by atoms with Crippen molar-refractivity contribution in [1.29, 1.82) is 0 Å². The summed E-state index contributed by atoms with van der Waals surface area (Å²) in [6, 6.07) is 21.0. The van der Waals surface area contributed by atoms with Crippen molar-refractivity contribution in [3.63, 3.8) is 0 Å². The average molecular weight is 397 g/mol. The predicted octanol–water partition coefficient (Wildman–Crippen LogP) is 5.53. The van der Waals surface area contributed by atoms with Gasteiger partial charge in [-0.1, -0.05) is 54.2 Å². The highest BCUT2D eigenvalue weighted by atomic mass is 32.2. The number of hydrogen-bond acceptors (Lipinski definition) is 4. The molecule has 0 aliphatic heterocycles. The van der Waals surface area contributed by atoms with E-state index >= 15 is 0 Å². The first-order chi connectivity index (χ1) is 13.6. The molecule has 142 valence electrons. The van der Waals surface area contributed by atoms with Gasteiger partial charge in [0.1, 0.15) is 5.75 Å². The summed E-state index contributed by atoms with van der Waals surface area (Å²) < 4.78 is 30.8. The molecule has 0 aliphatic carbocycles. The molecule has 28 heavy (non-hydrogen) atoms. The first-order valence-electron chi connectivity index (χ1n) is 8.66. The maximum Gasteiger partial charge on any atom is 0.387 e. The van der Waals surface area contributed by atoms with Crippen LogP contribution in [0.25, 0.3) is 22.2 Å². The van der Waals surface area contributed by atoms with E-state index in [9.17, 15) is 8.78 Å². The number of alkyl halides is 2. The lowest BCUT2D eigenvalue weighted by Crippen LogP contribution is -2.01. The van der Waals surface area contributed by atoms with Gasteiger partial charge >= 0.3 is 6.61 Å². The zero-order valence-electron chi connectivity index (χ0n) is 15.0. The lowest BCUT2D eigenvalue weighted by atomic mass is 10.1. The summed E-state index contributed by atoms with van der Waals surface area (Å²) in [7, 11) is 1.89. The second-order valence-electron chi connectivity index (χ2n) is 6.20. The number of benzene rings is 3. The Morgan fingerprint density at radius 3 is 2.50 bits per heavy atom. The molecule has 3 aromatic carbocycles. The number of halogens is 2. The van der Waals surface area contributed by atoms with Crippen molar-refractivity contribution < 1.29 is 13.5 Å². The lowest BCUT2D eigenvalue weighted by Gasteiger charge is -2.07. The minimum absolute atomic E-state index is 0.117. The molecular formula is C21H17F2N3OS. The Bertz CT molecular complexity index is 1090. The molecule has 4 aromatic rings. The van der Waals surface area contributed by atoms with E-state index in [-0.39, 0.29) is 5.75 Å². The van der Waals surface area contributed by atoms with Gasteiger partial charge in [0.2, 0.25) is 0 Å². The zero-order chi connectivity index (χ0) is 19.5. The Kier molecular flexibility index (Phi) is 5.25. The van der Waals surface area contributed by atoms with Crippen molar-refractivity contribution in [3.05, 3.63) is 72.3 Å². The molecular weight excluding hydrogens is 380 g/mol. The zero-order valence-corrected chi connectivity index (χ0v) is 15.9. The summed E-state index contributed by atoms with van der Waals surface area (Å²) >= 11 is 1.61. The summed E-state index contributed by atoms with van der Waals surface area (Å²) in [5, 5.41) is 11.8. The van der Waals surface area contributed by atoms with Gasteiger partial charge in [-0.05, 0) is 40.6 Å². The van der Waals surface area contributed by atoms with Gasteiger partial charge in [-0.25, -0.2) is 0 Å². The molecule has 1 aromatic heterocycles. The van der Waals surface area contributed by atoms with Crippen LogP contribution < -0.4 is 4.74 Å². The number of nitrogens with zero attached hydrogens (tertiary/aromatic N) is 3. The highest BCUT2D eigenvalue weighted by molar-refractivity contribution is 7.98. The molecule has 1 heterocycles. The number of hydrogen-bond donors (Lipinski definition) is 0. The SMILES string of the molecule is Cn1c(SCc2cccc3ccccc23)nnc1-c1ccc(OC(F)F)cc1. The standard InChI is InChI=1S/C21H17F2N3OS/c1-26-19(15-9-11-17(12-10-15)27-20(22)23)24-25-21(26)28-13-16-7-4-6-14-5-2-3-8-18(14)16/h2-12,20H,13H2,1H3. The fourth-order valence-corrected chi connectivity index (χ4v) is 3.95. The van der Waals surface area contributed by atoms with Crippen LogP contribution in [-0.4, -0.2) is 21.4 Å². The molecule has 0 aliphatic rings. The normalized spacial score (nSPS) is 11.3. The second-order valence-corrected chi connectivity index (χ2v) is 7.14. The topological polar surface area (TPSA) is 39.9 Å². The third-order valence-corrected chi connectivity index (χ3v) is 5.48. The molecule has 0 radical (unpaired) electrons. The highest BCUT2D eigenvalue weighted by Crippen LogP contribution is 2.29. The quantitative estimate of drug-likeness (QED) is 0.401. The Balaban J connectivity index is 1.52. The van der Waals surface area contributed by atoms with Gasteiger partial charge in [-0.2, -0.15) is 8.78 Å². The third kappa shape index (κ3) is 3.84. The van der Waals surface area contributed by atoms with Gasteiger partial charge in [0.15, 0.2) is 11.0 Å². The maximum absolute atomic E-state index is 12.3. The fraction of sp³-hybridized carbons (Fsp3) is 0.143. The molecule has 4 rings (SSSR count). The molecule has 0 bridgehead atoms. The van der Waals surface area contributed by atoms with Crippen molar-refractivity contribution in [2.45, 2.75) is 17.5 Å². The van der Waals surface area contributed by atoms with E-state index in [0.29, 0.717) is 5.82 Å². The lowest BCUT2D eigenvalue weighted by molar-refractivity contribution is -0.0498. The molecule has 0 amide bonds. The van der Waals surface area contributed by atoms with Crippen LogP contribution in [0, 0.1) is 0 Å². The molecule has 0 spiro atoms. The van der Waals surface area contributed by atoms with Gasteiger partial charge < -0.3 is 9.30 Å². The van der Waals surface area contributed by atoms with E-state index < -0.39 is 6.61 Å². The Morgan fingerprint density at radius 1 is 0.964 bits per heavy atom. The Hall–Kier alpha value is -2.93. The van der Waals surface area contributed by atoms with Gasteiger partial charge in [0, 0.05) is 18.4 Å². The fourth-order valence-electron chi connectivity index (χ4n) is 3.04. The van der Waals surface area contributed by atoms with E-state index in [2.05, 4.69) is 45.3 Å². The van der Waals surface area contributed by atoms with E-state index in [4.69, 9.17) is 0 Å². The van der Waals surface area contributed by atoms with Gasteiger partial charge in [-0.15, -0.1) is 10.2 Å². The van der Waals surface area contributed by atoms with Crippen LogP contribution in [0.2, 0.25) is 0 Å². The summed E-state index contributed by atoms with van der Waals surface area (Å²) in [6.45, 7) is -2.84. The molecule has 4 nitrogen and oxygen atoms in total. The molecule has 7 heteroatoms. The maximum atomic E-state index is 12.3. The van der Waals surface area contributed by atoms with Crippen LogP contribution in [0.4, 0.5) is 8.78 Å². The van der Waals surface area contributed by atoms with E-state index in [1.54, 1.807) is 23.9 Å².